The van der Waals surface area contributed by atoms with E-state index in [2.05, 4.69) is 14.9 Å². The monoisotopic (exact) mass is 364 g/mol. The zero-order valence-electron chi connectivity index (χ0n) is 11.9. The van der Waals surface area contributed by atoms with Gasteiger partial charge in [-0.1, -0.05) is 28.2 Å². The second kappa shape index (κ2) is 7.24. The molecule has 0 radical (unpaired) electrons. The predicted molar refractivity (Wildman–Crippen MR) is 81.3 cm³/mol. The average Bonchev–Trinajstić information content (AvgIpc) is 2.83. The summed E-state index contributed by atoms with van der Waals surface area (Å²) in [6.45, 7) is 0.156. The first-order valence-electron chi connectivity index (χ1n) is 6.38. The van der Waals surface area contributed by atoms with E-state index in [-0.39, 0.29) is 18.8 Å². The Morgan fingerprint density at radius 1 is 1.39 bits per heavy atom. The standard InChI is InChI=1S/C13H12ClF3N4OS/c1-21(6-10-12(14)23-20-19-10)7-11(22)18-9-5-3-2-4-8(9)13(15,16)17/h2-5H,6-7H2,1H3,(H,18,22). The van der Waals surface area contributed by atoms with Crippen LogP contribution in [0.1, 0.15) is 11.3 Å². The molecule has 0 fully saturated rings. The van der Waals surface area contributed by atoms with E-state index < -0.39 is 17.6 Å². The Bertz CT molecular complexity index is 692. The lowest BCUT2D eigenvalue weighted by atomic mass is 10.1. The number of para-hydroxylation sites is 1. The van der Waals surface area contributed by atoms with Crippen LogP contribution in [-0.4, -0.2) is 34.0 Å². The predicted octanol–water partition coefficient (Wildman–Crippen LogP) is 3.28. The lowest BCUT2D eigenvalue weighted by molar-refractivity contribution is -0.137. The quantitative estimate of drug-likeness (QED) is 0.884. The number of nitrogens with zero attached hydrogens (tertiary/aromatic N) is 3. The van der Waals surface area contributed by atoms with Gasteiger partial charge >= 0.3 is 6.18 Å². The summed E-state index contributed by atoms with van der Waals surface area (Å²) in [5, 5.41) is 6.08. The highest BCUT2D eigenvalue weighted by Crippen LogP contribution is 2.34. The molecule has 0 aliphatic heterocycles. The van der Waals surface area contributed by atoms with E-state index in [0.717, 1.165) is 17.6 Å². The minimum Gasteiger partial charge on any atom is -0.324 e. The Hall–Kier alpha value is -1.71. The number of aromatic nitrogens is 2. The van der Waals surface area contributed by atoms with Crippen molar-refractivity contribution < 1.29 is 18.0 Å². The molecule has 0 saturated heterocycles. The van der Waals surface area contributed by atoms with Gasteiger partial charge in [-0.2, -0.15) is 13.2 Å². The normalized spacial score (nSPS) is 11.7. The number of nitrogens with one attached hydrogen (secondary N) is 1. The maximum atomic E-state index is 12.9. The van der Waals surface area contributed by atoms with E-state index in [9.17, 15) is 18.0 Å². The third-order valence-corrected chi connectivity index (χ3v) is 3.83. The van der Waals surface area contributed by atoms with Crippen LogP contribution in [0.2, 0.25) is 4.34 Å². The molecular weight excluding hydrogens is 353 g/mol. The van der Waals surface area contributed by atoms with E-state index in [1.807, 2.05) is 0 Å². The molecule has 124 valence electrons. The van der Waals surface area contributed by atoms with E-state index >= 15 is 0 Å². The fourth-order valence-electron chi connectivity index (χ4n) is 1.88. The van der Waals surface area contributed by atoms with Crippen LogP contribution in [0.4, 0.5) is 18.9 Å². The largest absolute Gasteiger partial charge is 0.418 e. The number of halogens is 4. The van der Waals surface area contributed by atoms with E-state index in [0.29, 0.717) is 10.0 Å². The van der Waals surface area contributed by atoms with E-state index in [4.69, 9.17) is 11.6 Å². The van der Waals surface area contributed by atoms with Gasteiger partial charge in [-0.15, -0.1) is 5.10 Å². The molecule has 0 spiro atoms. The molecule has 2 aromatic rings. The van der Waals surface area contributed by atoms with Gasteiger partial charge in [0.25, 0.3) is 0 Å². The van der Waals surface area contributed by atoms with Gasteiger partial charge in [0.2, 0.25) is 5.91 Å². The number of likely N-dealkylation sites (N-methyl/N-ethyl adjacent to an activating group) is 1. The first kappa shape index (κ1) is 17.6. The molecule has 10 heteroatoms. The molecule has 1 amide bonds. The molecule has 0 aliphatic rings. The van der Waals surface area contributed by atoms with Crippen LogP contribution in [0, 0.1) is 0 Å². The topological polar surface area (TPSA) is 58.1 Å². The number of benzene rings is 1. The van der Waals surface area contributed by atoms with Crippen LogP contribution in [0.25, 0.3) is 0 Å². The van der Waals surface area contributed by atoms with Crippen LogP contribution in [-0.2, 0) is 17.5 Å². The highest BCUT2D eigenvalue weighted by molar-refractivity contribution is 7.10. The molecule has 1 heterocycles. The molecule has 1 N–H and O–H groups in total. The molecule has 1 aromatic heterocycles. The first-order valence-corrected chi connectivity index (χ1v) is 7.54. The lowest BCUT2D eigenvalue weighted by Crippen LogP contribution is -2.30. The van der Waals surface area contributed by atoms with Gasteiger partial charge in [0.05, 0.1) is 17.8 Å². The molecule has 5 nitrogen and oxygen atoms in total. The number of carbonyl (C=O) groups excluding carboxylic acids is 1. The third-order valence-electron chi connectivity index (χ3n) is 2.85. The summed E-state index contributed by atoms with van der Waals surface area (Å²) < 4.78 is 42.7. The van der Waals surface area contributed by atoms with E-state index in [1.165, 1.54) is 18.2 Å². The fourth-order valence-corrected chi connectivity index (χ4v) is 2.49. The highest BCUT2D eigenvalue weighted by atomic mass is 35.5. The maximum absolute atomic E-state index is 12.9. The number of hydrogen-bond acceptors (Lipinski definition) is 5. The van der Waals surface area contributed by atoms with E-state index in [1.54, 1.807) is 11.9 Å². The highest BCUT2D eigenvalue weighted by Gasteiger charge is 2.33. The summed E-state index contributed by atoms with van der Waals surface area (Å²) >= 11 is 6.89. The van der Waals surface area contributed by atoms with Crippen LogP contribution >= 0.6 is 23.1 Å². The average molecular weight is 365 g/mol. The summed E-state index contributed by atoms with van der Waals surface area (Å²) in [7, 11) is 1.63. The molecule has 0 aliphatic carbocycles. The van der Waals surface area contributed by atoms with Crippen molar-refractivity contribution >= 4 is 34.7 Å². The smallest absolute Gasteiger partial charge is 0.324 e. The van der Waals surface area contributed by atoms with Crippen molar-refractivity contribution in [2.45, 2.75) is 12.7 Å². The Morgan fingerprint density at radius 3 is 2.70 bits per heavy atom. The summed E-state index contributed by atoms with van der Waals surface area (Å²) in [5.41, 5.74) is -0.642. The summed E-state index contributed by atoms with van der Waals surface area (Å²) in [5.74, 6) is -0.566. The number of anilines is 1. The zero-order valence-corrected chi connectivity index (χ0v) is 13.5. The maximum Gasteiger partial charge on any atom is 0.418 e. The Morgan fingerprint density at radius 2 is 2.09 bits per heavy atom. The van der Waals surface area contributed by atoms with Gasteiger partial charge in [0.15, 0.2) is 0 Å². The lowest BCUT2D eigenvalue weighted by Gasteiger charge is -2.17. The van der Waals surface area contributed by atoms with Gasteiger partial charge in [-0.3, -0.25) is 9.69 Å². The second-order valence-electron chi connectivity index (χ2n) is 4.76. The van der Waals surface area contributed by atoms with Gasteiger partial charge in [0.1, 0.15) is 10.0 Å². The number of amides is 1. The minimum absolute atomic E-state index is 0.111. The number of rotatable bonds is 5. The third kappa shape index (κ3) is 4.88. The molecule has 0 unspecified atom stereocenters. The van der Waals surface area contributed by atoms with Crippen LogP contribution in [0.15, 0.2) is 24.3 Å². The van der Waals surface area contributed by atoms with Crippen molar-refractivity contribution in [3.05, 3.63) is 39.9 Å². The van der Waals surface area contributed by atoms with Crippen molar-refractivity contribution in [3.8, 4) is 0 Å². The summed E-state index contributed by atoms with van der Waals surface area (Å²) in [6.07, 6.45) is -4.53. The number of hydrogen-bond donors (Lipinski definition) is 1. The van der Waals surface area contributed by atoms with Gasteiger partial charge in [-0.25, -0.2) is 0 Å². The van der Waals surface area contributed by atoms with Crippen LogP contribution in [0.5, 0.6) is 0 Å². The van der Waals surface area contributed by atoms with Crippen molar-refractivity contribution in [3.63, 3.8) is 0 Å². The molecule has 23 heavy (non-hydrogen) atoms. The molecule has 0 bridgehead atoms. The van der Waals surface area contributed by atoms with Gasteiger partial charge in [0, 0.05) is 18.1 Å². The van der Waals surface area contributed by atoms with Crippen molar-refractivity contribution in [1.29, 1.82) is 0 Å². The zero-order chi connectivity index (χ0) is 17.0. The van der Waals surface area contributed by atoms with Gasteiger partial charge in [-0.05, 0) is 19.2 Å². The summed E-state index contributed by atoms with van der Waals surface area (Å²) in [6, 6.07) is 4.82. The molecule has 1 aromatic carbocycles. The van der Waals surface area contributed by atoms with Crippen LogP contribution in [0.3, 0.4) is 0 Å². The summed E-state index contributed by atoms with van der Waals surface area (Å²) in [4.78, 5) is 13.5. The Kier molecular flexibility index (Phi) is 5.55. The van der Waals surface area contributed by atoms with Crippen molar-refractivity contribution in [2.24, 2.45) is 0 Å². The Balaban J connectivity index is 1.99. The number of carbonyl (C=O) groups is 1. The fraction of sp³-hybridized carbons (Fsp3) is 0.308. The molecule has 0 atom stereocenters. The molecular formula is C13H12ClF3N4OS. The van der Waals surface area contributed by atoms with Gasteiger partial charge < -0.3 is 5.32 Å². The molecule has 2 rings (SSSR count). The minimum atomic E-state index is -4.53. The second-order valence-corrected chi connectivity index (χ2v) is 6.11. The Labute approximate surface area is 139 Å². The van der Waals surface area contributed by atoms with Crippen molar-refractivity contribution in [1.82, 2.24) is 14.5 Å². The van der Waals surface area contributed by atoms with Crippen LogP contribution < -0.4 is 5.32 Å². The van der Waals surface area contributed by atoms with Crippen molar-refractivity contribution in [2.75, 3.05) is 18.9 Å². The first-order chi connectivity index (χ1) is 10.8. The SMILES string of the molecule is CN(CC(=O)Nc1ccccc1C(F)(F)F)Cc1nnsc1Cl. The molecule has 0 saturated carbocycles. The number of alkyl halides is 3.